The van der Waals surface area contributed by atoms with E-state index in [4.69, 9.17) is 0 Å². The van der Waals surface area contributed by atoms with E-state index in [0.29, 0.717) is 0 Å². The van der Waals surface area contributed by atoms with Crippen molar-refractivity contribution in [3.63, 3.8) is 0 Å². The molecule has 0 aliphatic rings. The van der Waals surface area contributed by atoms with E-state index in [1.165, 1.54) is 0 Å². The van der Waals surface area contributed by atoms with E-state index in [9.17, 15) is 4.79 Å². The van der Waals surface area contributed by atoms with E-state index in [2.05, 4.69) is 18.7 Å². The Kier molecular flexibility index (Phi) is 4.90. The predicted molar refractivity (Wildman–Crippen MR) is 51.1 cm³/mol. The molecule has 1 unspecified atom stereocenters. The first-order valence-corrected chi connectivity index (χ1v) is 4.49. The minimum atomic E-state index is 0.00926. The molecular weight excluding hydrogens is 152 g/mol. The molecule has 1 amide bonds. The Balaban J connectivity index is 4.15. The summed E-state index contributed by atoms with van der Waals surface area (Å²) in [4.78, 5) is 15.3. The Morgan fingerprint density at radius 2 is 1.67 bits per heavy atom. The van der Waals surface area contributed by atoms with E-state index in [1.807, 2.05) is 6.92 Å². The second kappa shape index (κ2) is 5.14. The first kappa shape index (κ1) is 11.4. The summed E-state index contributed by atoms with van der Waals surface area (Å²) >= 11 is 0. The smallest absolute Gasteiger partial charge is 0.239 e. The molecule has 0 heterocycles. The highest BCUT2D eigenvalue weighted by Crippen LogP contribution is 2.00. The number of amides is 1. The molecule has 72 valence electrons. The monoisotopic (exact) mass is 172 g/mol. The van der Waals surface area contributed by atoms with Crippen LogP contribution in [0.3, 0.4) is 0 Å². The van der Waals surface area contributed by atoms with Crippen LogP contribution < -0.4 is 0 Å². The minimum absolute atomic E-state index is 0.00926. The standard InChI is InChI=1S/C9H20N2O/c1-6-11(7-2)8(3)9(12)10(4)5/h8H,6-7H2,1-5H3. The highest BCUT2D eigenvalue weighted by Gasteiger charge is 2.19. The van der Waals surface area contributed by atoms with E-state index in [1.54, 1.807) is 19.0 Å². The Morgan fingerprint density at radius 3 is 1.92 bits per heavy atom. The molecule has 0 rings (SSSR count). The van der Waals surface area contributed by atoms with Crippen LogP contribution >= 0.6 is 0 Å². The zero-order valence-electron chi connectivity index (χ0n) is 8.79. The zero-order valence-corrected chi connectivity index (χ0v) is 8.79. The summed E-state index contributed by atoms with van der Waals surface area (Å²) in [6.07, 6.45) is 0. The summed E-state index contributed by atoms with van der Waals surface area (Å²) in [6.45, 7) is 7.95. The maximum Gasteiger partial charge on any atom is 0.239 e. The first-order valence-electron chi connectivity index (χ1n) is 4.49. The predicted octanol–water partition coefficient (Wildman–Crippen LogP) is 0.805. The van der Waals surface area contributed by atoms with Crippen LogP contribution in [0.25, 0.3) is 0 Å². The van der Waals surface area contributed by atoms with Crippen LogP contribution in [0.2, 0.25) is 0 Å². The topological polar surface area (TPSA) is 23.6 Å². The number of carbonyl (C=O) groups is 1. The summed E-state index contributed by atoms with van der Waals surface area (Å²) in [5.74, 6) is 0.179. The summed E-state index contributed by atoms with van der Waals surface area (Å²) in [5.41, 5.74) is 0. The number of hydrogen-bond acceptors (Lipinski definition) is 2. The Morgan fingerprint density at radius 1 is 1.25 bits per heavy atom. The van der Waals surface area contributed by atoms with E-state index >= 15 is 0 Å². The normalized spacial score (nSPS) is 13.2. The molecule has 0 spiro atoms. The van der Waals surface area contributed by atoms with Gasteiger partial charge in [0.1, 0.15) is 0 Å². The lowest BCUT2D eigenvalue weighted by Gasteiger charge is -2.27. The van der Waals surface area contributed by atoms with Crippen molar-refractivity contribution in [2.24, 2.45) is 0 Å². The third-order valence-electron chi connectivity index (χ3n) is 2.16. The van der Waals surface area contributed by atoms with Crippen molar-refractivity contribution in [3.05, 3.63) is 0 Å². The Labute approximate surface area is 75.3 Å². The van der Waals surface area contributed by atoms with Crippen LogP contribution in [0.5, 0.6) is 0 Å². The van der Waals surface area contributed by atoms with Crippen molar-refractivity contribution in [2.45, 2.75) is 26.8 Å². The van der Waals surface area contributed by atoms with Crippen LogP contribution in [-0.4, -0.2) is 48.9 Å². The molecule has 0 saturated carbocycles. The van der Waals surface area contributed by atoms with Gasteiger partial charge in [0, 0.05) is 14.1 Å². The van der Waals surface area contributed by atoms with Crippen LogP contribution in [0, 0.1) is 0 Å². The van der Waals surface area contributed by atoms with E-state index < -0.39 is 0 Å². The van der Waals surface area contributed by atoms with Crippen LogP contribution in [0.15, 0.2) is 0 Å². The van der Waals surface area contributed by atoms with Gasteiger partial charge in [-0.2, -0.15) is 0 Å². The average molecular weight is 172 g/mol. The highest BCUT2D eigenvalue weighted by atomic mass is 16.2. The maximum absolute atomic E-state index is 11.5. The van der Waals surface area contributed by atoms with Crippen molar-refractivity contribution in [1.29, 1.82) is 0 Å². The second-order valence-electron chi connectivity index (χ2n) is 3.13. The molecule has 3 nitrogen and oxygen atoms in total. The van der Waals surface area contributed by atoms with Crippen molar-refractivity contribution in [3.8, 4) is 0 Å². The molecule has 0 saturated heterocycles. The number of rotatable bonds is 4. The average Bonchev–Trinajstić information content (AvgIpc) is 2.05. The lowest BCUT2D eigenvalue weighted by Crippen LogP contribution is -2.44. The molecule has 0 radical (unpaired) electrons. The van der Waals surface area contributed by atoms with Crippen LogP contribution in [0.1, 0.15) is 20.8 Å². The van der Waals surface area contributed by atoms with Crippen molar-refractivity contribution in [2.75, 3.05) is 27.2 Å². The molecule has 0 aliphatic carbocycles. The number of nitrogens with zero attached hydrogens (tertiary/aromatic N) is 2. The summed E-state index contributed by atoms with van der Waals surface area (Å²) < 4.78 is 0. The second-order valence-corrected chi connectivity index (χ2v) is 3.13. The molecule has 0 N–H and O–H groups in total. The fourth-order valence-corrected chi connectivity index (χ4v) is 1.30. The largest absolute Gasteiger partial charge is 0.347 e. The first-order chi connectivity index (χ1) is 5.54. The molecule has 0 aliphatic heterocycles. The van der Waals surface area contributed by atoms with Gasteiger partial charge in [-0.1, -0.05) is 13.8 Å². The van der Waals surface area contributed by atoms with Gasteiger partial charge in [0.05, 0.1) is 6.04 Å². The van der Waals surface area contributed by atoms with Gasteiger partial charge in [-0.15, -0.1) is 0 Å². The molecule has 0 aromatic heterocycles. The number of likely N-dealkylation sites (N-methyl/N-ethyl adjacent to an activating group) is 2. The number of hydrogen-bond donors (Lipinski definition) is 0. The van der Waals surface area contributed by atoms with Gasteiger partial charge in [-0.05, 0) is 20.0 Å². The lowest BCUT2D eigenvalue weighted by atomic mass is 10.2. The zero-order chi connectivity index (χ0) is 9.72. The number of carbonyl (C=O) groups excluding carboxylic acids is 1. The van der Waals surface area contributed by atoms with Crippen molar-refractivity contribution in [1.82, 2.24) is 9.80 Å². The van der Waals surface area contributed by atoms with Gasteiger partial charge >= 0.3 is 0 Å². The van der Waals surface area contributed by atoms with Gasteiger partial charge in [-0.3, -0.25) is 9.69 Å². The van der Waals surface area contributed by atoms with E-state index in [-0.39, 0.29) is 11.9 Å². The molecule has 1 atom stereocenters. The van der Waals surface area contributed by atoms with Gasteiger partial charge in [0.2, 0.25) is 5.91 Å². The quantitative estimate of drug-likeness (QED) is 0.626. The molecule has 3 heteroatoms. The van der Waals surface area contributed by atoms with Crippen molar-refractivity contribution >= 4 is 5.91 Å². The van der Waals surface area contributed by atoms with Gasteiger partial charge in [0.15, 0.2) is 0 Å². The Bertz CT molecular complexity index is 141. The minimum Gasteiger partial charge on any atom is -0.347 e. The molecular formula is C9H20N2O. The van der Waals surface area contributed by atoms with Gasteiger partial charge < -0.3 is 4.90 Å². The molecule has 0 bridgehead atoms. The van der Waals surface area contributed by atoms with E-state index in [0.717, 1.165) is 13.1 Å². The summed E-state index contributed by atoms with van der Waals surface area (Å²) in [7, 11) is 3.59. The van der Waals surface area contributed by atoms with Gasteiger partial charge in [-0.25, -0.2) is 0 Å². The molecule has 0 aromatic rings. The SMILES string of the molecule is CCN(CC)C(C)C(=O)N(C)C. The summed E-state index contributed by atoms with van der Waals surface area (Å²) in [6, 6.07) is 0.00926. The van der Waals surface area contributed by atoms with Gasteiger partial charge in [0.25, 0.3) is 0 Å². The fraction of sp³-hybridized carbons (Fsp3) is 0.889. The third kappa shape index (κ3) is 2.81. The van der Waals surface area contributed by atoms with Crippen molar-refractivity contribution < 1.29 is 4.79 Å². The fourth-order valence-electron chi connectivity index (χ4n) is 1.30. The lowest BCUT2D eigenvalue weighted by molar-refractivity contribution is -0.133. The molecule has 0 fully saturated rings. The third-order valence-corrected chi connectivity index (χ3v) is 2.16. The van der Waals surface area contributed by atoms with Crippen LogP contribution in [0.4, 0.5) is 0 Å². The molecule has 12 heavy (non-hydrogen) atoms. The molecule has 0 aromatic carbocycles. The van der Waals surface area contributed by atoms with Crippen LogP contribution in [-0.2, 0) is 4.79 Å². The summed E-state index contributed by atoms with van der Waals surface area (Å²) in [5, 5.41) is 0. The maximum atomic E-state index is 11.5. The highest BCUT2D eigenvalue weighted by molar-refractivity contribution is 5.80. The Hall–Kier alpha value is -0.570.